The topological polar surface area (TPSA) is 65.6 Å². The number of nitrogens with zero attached hydrogens (tertiary/aromatic N) is 3. The van der Waals surface area contributed by atoms with Crippen LogP contribution >= 0.6 is 34.7 Å². The highest BCUT2D eigenvalue weighted by atomic mass is 35.5. The van der Waals surface area contributed by atoms with E-state index in [0.717, 1.165) is 24.2 Å². The van der Waals surface area contributed by atoms with E-state index < -0.39 is 5.82 Å². The summed E-state index contributed by atoms with van der Waals surface area (Å²) in [6.45, 7) is 1.34. The predicted octanol–water partition coefficient (Wildman–Crippen LogP) is 3.19. The van der Waals surface area contributed by atoms with Gasteiger partial charge in [-0.15, -0.1) is 11.8 Å². The number of fused-ring (bicyclic) bond motifs is 1. The Morgan fingerprint density at radius 2 is 2.12 bits per heavy atom. The lowest BCUT2D eigenvalue weighted by Gasteiger charge is -2.15. The maximum absolute atomic E-state index is 14.3. The van der Waals surface area contributed by atoms with Gasteiger partial charge in [0.1, 0.15) is 11.5 Å². The molecule has 1 aliphatic heterocycles. The molecule has 0 unspecified atom stereocenters. The fraction of sp³-hybridized carbons (Fsp3) is 0.438. The number of esters is 1. The van der Waals surface area contributed by atoms with Crippen molar-refractivity contribution in [3.63, 3.8) is 0 Å². The van der Waals surface area contributed by atoms with Gasteiger partial charge in [-0.25, -0.2) is 14.1 Å². The quantitative estimate of drug-likeness (QED) is 0.553. The van der Waals surface area contributed by atoms with Gasteiger partial charge in [-0.2, -0.15) is 0 Å². The van der Waals surface area contributed by atoms with Gasteiger partial charge in [0, 0.05) is 23.7 Å². The van der Waals surface area contributed by atoms with Crippen molar-refractivity contribution in [3.8, 4) is 0 Å². The van der Waals surface area contributed by atoms with Crippen molar-refractivity contribution < 1.29 is 13.9 Å². The molecule has 1 aliphatic rings. The molecule has 140 valence electrons. The van der Waals surface area contributed by atoms with E-state index in [0.29, 0.717) is 28.5 Å². The van der Waals surface area contributed by atoms with Crippen LogP contribution in [0.2, 0.25) is 5.02 Å². The maximum atomic E-state index is 14.3. The smallest absolute Gasteiger partial charge is 0.325 e. The number of hydrogen-bond donors (Lipinski definition) is 0. The summed E-state index contributed by atoms with van der Waals surface area (Å²) in [6, 6.07) is 2.75. The molecule has 0 bridgehead atoms. The minimum absolute atomic E-state index is 0.0921. The molecule has 6 nitrogen and oxygen atoms in total. The van der Waals surface area contributed by atoms with Crippen molar-refractivity contribution in [2.45, 2.75) is 37.2 Å². The highest BCUT2D eigenvalue weighted by Crippen LogP contribution is 2.33. The summed E-state index contributed by atoms with van der Waals surface area (Å²) in [5.74, 6) is -0.410. The average molecular weight is 418 g/mol. The van der Waals surface area contributed by atoms with Crippen molar-refractivity contribution in [1.82, 2.24) is 9.36 Å². The normalized spacial score (nSPS) is 14.3. The Bertz CT molecular complexity index is 951. The first-order chi connectivity index (χ1) is 12.5. The van der Waals surface area contributed by atoms with Crippen LogP contribution in [0, 0.1) is 5.82 Å². The molecular weight excluding hydrogens is 401 g/mol. The van der Waals surface area contributed by atoms with Crippen molar-refractivity contribution in [1.29, 1.82) is 0 Å². The SMILES string of the molecule is COC(=O)CCSc1cc(/N=c2\sc(=O)n3n2CCCC3)c(F)cc1Cl. The molecule has 0 radical (unpaired) electrons. The fourth-order valence-electron chi connectivity index (χ4n) is 2.58. The van der Waals surface area contributed by atoms with Gasteiger partial charge in [0.15, 0.2) is 0 Å². The minimum Gasteiger partial charge on any atom is -0.469 e. The number of ether oxygens (including phenoxy) is 1. The van der Waals surface area contributed by atoms with Gasteiger partial charge in [-0.05, 0) is 36.3 Å². The summed E-state index contributed by atoms with van der Waals surface area (Å²) >= 11 is 8.43. The molecule has 10 heteroatoms. The summed E-state index contributed by atoms with van der Waals surface area (Å²) in [5, 5.41) is 0.260. The van der Waals surface area contributed by atoms with Gasteiger partial charge in [0.05, 0.1) is 18.6 Å². The maximum Gasteiger partial charge on any atom is 0.325 e. The van der Waals surface area contributed by atoms with Crippen molar-refractivity contribution in [3.05, 3.63) is 37.4 Å². The van der Waals surface area contributed by atoms with Gasteiger partial charge in [-0.3, -0.25) is 14.3 Å². The van der Waals surface area contributed by atoms with Crippen molar-refractivity contribution in [2.75, 3.05) is 12.9 Å². The van der Waals surface area contributed by atoms with Crippen molar-refractivity contribution in [2.24, 2.45) is 4.99 Å². The molecule has 0 atom stereocenters. The second-order valence-electron chi connectivity index (χ2n) is 5.62. The molecule has 0 saturated carbocycles. The molecule has 3 rings (SSSR count). The molecule has 0 saturated heterocycles. The molecule has 2 heterocycles. The Hall–Kier alpha value is -1.58. The third kappa shape index (κ3) is 4.21. The van der Waals surface area contributed by atoms with E-state index in [1.165, 1.54) is 24.9 Å². The van der Waals surface area contributed by atoms with Gasteiger partial charge in [0.25, 0.3) is 0 Å². The van der Waals surface area contributed by atoms with Crippen LogP contribution in [0.4, 0.5) is 10.1 Å². The first-order valence-electron chi connectivity index (χ1n) is 8.03. The number of hydrogen-bond acceptors (Lipinski definition) is 6. The molecule has 0 fully saturated rings. The number of halogens is 2. The monoisotopic (exact) mass is 417 g/mol. The summed E-state index contributed by atoms with van der Waals surface area (Å²) in [6.07, 6.45) is 2.14. The van der Waals surface area contributed by atoms with E-state index in [9.17, 15) is 14.0 Å². The Morgan fingerprint density at radius 1 is 1.38 bits per heavy atom. The van der Waals surface area contributed by atoms with E-state index in [4.69, 9.17) is 11.6 Å². The van der Waals surface area contributed by atoms with Gasteiger partial charge in [-0.1, -0.05) is 11.6 Å². The Balaban J connectivity index is 1.92. The molecule has 0 aliphatic carbocycles. The van der Waals surface area contributed by atoms with Gasteiger partial charge >= 0.3 is 10.8 Å². The third-order valence-corrected chi connectivity index (χ3v) is 6.25. The number of carbonyl (C=O) groups excluding carboxylic acids is 1. The summed E-state index contributed by atoms with van der Waals surface area (Å²) in [5.41, 5.74) is 0.123. The number of benzene rings is 1. The molecule has 2 aromatic rings. The van der Waals surface area contributed by atoms with E-state index in [1.807, 2.05) is 0 Å². The second-order valence-corrected chi connectivity index (χ2v) is 8.09. The Kier molecular flexibility index (Phi) is 6.20. The first-order valence-corrected chi connectivity index (χ1v) is 10.2. The van der Waals surface area contributed by atoms with E-state index >= 15 is 0 Å². The van der Waals surface area contributed by atoms with Crippen LogP contribution in [0.1, 0.15) is 19.3 Å². The van der Waals surface area contributed by atoms with Crippen LogP contribution in [0.25, 0.3) is 0 Å². The molecule has 0 spiro atoms. The zero-order valence-corrected chi connectivity index (χ0v) is 16.4. The Morgan fingerprint density at radius 3 is 2.85 bits per heavy atom. The van der Waals surface area contributed by atoms with Crippen LogP contribution in [0.3, 0.4) is 0 Å². The zero-order chi connectivity index (χ0) is 18.7. The first kappa shape index (κ1) is 19.2. The third-order valence-electron chi connectivity index (χ3n) is 3.90. The molecular formula is C16H17ClFN3O3S2. The van der Waals surface area contributed by atoms with Crippen LogP contribution in [-0.2, 0) is 22.6 Å². The van der Waals surface area contributed by atoms with Gasteiger partial charge < -0.3 is 4.74 Å². The highest BCUT2D eigenvalue weighted by molar-refractivity contribution is 7.99. The molecule has 26 heavy (non-hydrogen) atoms. The standard InChI is InChI=1S/C16H17ClFN3O3S2/c1-24-14(22)4-7-25-13-9-12(11(18)8-10(13)17)19-15-20-5-2-3-6-21(20)16(23)26-15/h8-9H,2-7H2,1H3/b19-15-. The summed E-state index contributed by atoms with van der Waals surface area (Å²) in [4.78, 5) is 28.6. The second kappa shape index (κ2) is 8.41. The Labute approximate surface area is 162 Å². The minimum atomic E-state index is -0.552. The van der Waals surface area contributed by atoms with Crippen LogP contribution < -0.4 is 9.67 Å². The molecule has 1 aromatic carbocycles. The zero-order valence-electron chi connectivity index (χ0n) is 14.0. The van der Waals surface area contributed by atoms with Crippen LogP contribution in [0.15, 0.2) is 26.8 Å². The lowest BCUT2D eigenvalue weighted by Crippen LogP contribution is -2.31. The molecule has 0 amide bonds. The summed E-state index contributed by atoms with van der Waals surface area (Å²) < 4.78 is 22.4. The van der Waals surface area contributed by atoms with Crippen LogP contribution in [-0.4, -0.2) is 28.2 Å². The number of aromatic nitrogens is 2. The molecule has 1 aromatic heterocycles. The number of thioether (sulfide) groups is 1. The van der Waals surface area contributed by atoms with E-state index in [-0.39, 0.29) is 28.0 Å². The lowest BCUT2D eigenvalue weighted by atomic mass is 10.3. The lowest BCUT2D eigenvalue weighted by molar-refractivity contribution is -0.140. The molecule has 0 N–H and O–H groups in total. The number of rotatable bonds is 5. The number of methoxy groups -OCH3 is 1. The van der Waals surface area contributed by atoms with Crippen LogP contribution in [0.5, 0.6) is 0 Å². The highest BCUT2D eigenvalue weighted by Gasteiger charge is 2.15. The largest absolute Gasteiger partial charge is 0.469 e. The average Bonchev–Trinajstić information content (AvgIpc) is 2.94. The van der Waals surface area contributed by atoms with Gasteiger partial charge in [0.2, 0.25) is 4.80 Å². The number of carbonyl (C=O) groups is 1. The van der Waals surface area contributed by atoms with E-state index in [2.05, 4.69) is 9.73 Å². The fourth-order valence-corrected chi connectivity index (χ4v) is 4.67. The van der Waals surface area contributed by atoms with E-state index in [1.54, 1.807) is 15.4 Å². The predicted molar refractivity (Wildman–Crippen MR) is 99.8 cm³/mol. The summed E-state index contributed by atoms with van der Waals surface area (Å²) in [7, 11) is 1.33. The van der Waals surface area contributed by atoms with Crippen molar-refractivity contribution >= 4 is 46.4 Å².